The van der Waals surface area contributed by atoms with Crippen molar-refractivity contribution in [3.8, 4) is 0 Å². The Labute approximate surface area is 68.4 Å². The quantitative estimate of drug-likeness (QED) is 0.484. The second-order valence-electron chi connectivity index (χ2n) is 2.25. The van der Waals surface area contributed by atoms with Crippen molar-refractivity contribution in [3.63, 3.8) is 0 Å². The zero-order valence-electron chi connectivity index (χ0n) is 5.85. The summed E-state index contributed by atoms with van der Waals surface area (Å²) in [6.07, 6.45) is -15.6. The fraction of sp³-hybridized carbons (Fsp3) is 0.800. The third-order valence-electron chi connectivity index (χ3n) is 1.32. The van der Waals surface area contributed by atoms with Crippen LogP contribution in [0.5, 0.6) is 0 Å². The van der Waals surface area contributed by atoms with Gasteiger partial charge in [-0.15, -0.1) is 0 Å². The summed E-state index contributed by atoms with van der Waals surface area (Å²) in [5.41, 5.74) is 0. The van der Waals surface area contributed by atoms with E-state index in [1.165, 1.54) is 0 Å². The predicted molar refractivity (Wildman–Crippen MR) is 27.2 cm³/mol. The second-order valence-corrected chi connectivity index (χ2v) is 2.25. The van der Waals surface area contributed by atoms with Crippen LogP contribution in [0.4, 0.5) is 26.7 Å². The van der Waals surface area contributed by atoms with E-state index in [4.69, 9.17) is 0 Å². The monoisotopic (exact) mass is 206 g/mol. The molecule has 8 heteroatoms. The molecule has 13 heavy (non-hydrogen) atoms. The first-order valence-corrected chi connectivity index (χ1v) is 3.04. The van der Waals surface area contributed by atoms with Crippen LogP contribution in [0.25, 0.3) is 0 Å². The molecular weight excluding hydrogens is 203 g/mol. The van der Waals surface area contributed by atoms with E-state index < -0.39 is 31.0 Å². The van der Waals surface area contributed by atoms with E-state index in [0.717, 1.165) is 0 Å². The highest BCUT2D eigenvalue weighted by Crippen LogP contribution is 2.33. The number of hydrogen-bond donors (Lipinski definition) is 0. The van der Waals surface area contributed by atoms with E-state index in [-0.39, 0.29) is 0 Å². The molecule has 0 radical (unpaired) electrons. The van der Waals surface area contributed by atoms with Crippen LogP contribution < -0.4 is 0 Å². The average molecular weight is 206 g/mol. The van der Waals surface area contributed by atoms with Crippen molar-refractivity contribution < 1.29 is 36.2 Å². The molecule has 2 unspecified atom stereocenters. The van der Waals surface area contributed by atoms with Gasteiger partial charge < -0.3 is 9.47 Å². The molecule has 0 spiro atoms. The maximum Gasteiger partial charge on any atom is 0.509 e. The predicted octanol–water partition coefficient (Wildman–Crippen LogP) is 1.72. The van der Waals surface area contributed by atoms with Crippen molar-refractivity contribution in [2.45, 2.75) is 24.8 Å². The molecule has 0 aromatic heterocycles. The number of carbonyl (C=O) groups excluding carboxylic acids is 1. The van der Waals surface area contributed by atoms with Gasteiger partial charge in [0.1, 0.15) is 0 Å². The van der Waals surface area contributed by atoms with Crippen molar-refractivity contribution in [1.82, 2.24) is 0 Å². The number of alkyl halides is 5. The molecule has 1 fully saturated rings. The fourth-order valence-electron chi connectivity index (χ4n) is 0.808. The molecule has 0 saturated carbocycles. The van der Waals surface area contributed by atoms with Crippen LogP contribution in [0.1, 0.15) is 0 Å². The van der Waals surface area contributed by atoms with Crippen LogP contribution in [0.15, 0.2) is 0 Å². The van der Waals surface area contributed by atoms with Gasteiger partial charge in [0, 0.05) is 0 Å². The molecule has 76 valence electrons. The SMILES string of the molecule is O=C1OC(C(F)F)C(C(F)(F)F)O1. The Morgan fingerprint density at radius 1 is 1.23 bits per heavy atom. The number of carbonyl (C=O) groups is 1. The van der Waals surface area contributed by atoms with Gasteiger partial charge in [-0.2, -0.15) is 13.2 Å². The Bertz CT molecular complexity index is 213. The molecule has 2 atom stereocenters. The first-order chi connectivity index (χ1) is 5.82. The van der Waals surface area contributed by atoms with Crippen molar-refractivity contribution in [3.05, 3.63) is 0 Å². The van der Waals surface area contributed by atoms with E-state index in [9.17, 15) is 26.7 Å². The topological polar surface area (TPSA) is 35.5 Å². The average Bonchev–Trinajstić information content (AvgIpc) is 2.29. The van der Waals surface area contributed by atoms with Crippen molar-refractivity contribution >= 4 is 6.16 Å². The Hall–Kier alpha value is -1.08. The molecule has 3 nitrogen and oxygen atoms in total. The number of halogens is 5. The van der Waals surface area contributed by atoms with Gasteiger partial charge in [-0.3, -0.25) is 0 Å². The largest absolute Gasteiger partial charge is 0.509 e. The van der Waals surface area contributed by atoms with Crippen LogP contribution in [-0.2, 0) is 9.47 Å². The molecular formula is C5H3F5O3. The summed E-state index contributed by atoms with van der Waals surface area (Å²) in [6.45, 7) is 0. The molecule has 0 bridgehead atoms. The smallest absolute Gasteiger partial charge is 0.420 e. The van der Waals surface area contributed by atoms with Crippen molar-refractivity contribution in [1.29, 1.82) is 0 Å². The van der Waals surface area contributed by atoms with Crippen LogP contribution >= 0.6 is 0 Å². The molecule has 0 amide bonds. The van der Waals surface area contributed by atoms with Gasteiger partial charge >= 0.3 is 12.3 Å². The van der Waals surface area contributed by atoms with E-state index in [2.05, 4.69) is 9.47 Å². The lowest BCUT2D eigenvalue weighted by molar-refractivity contribution is -0.214. The summed E-state index contributed by atoms with van der Waals surface area (Å²) in [4.78, 5) is 10.1. The molecule has 1 saturated heterocycles. The summed E-state index contributed by atoms with van der Waals surface area (Å²) < 4.78 is 66.4. The van der Waals surface area contributed by atoms with E-state index in [1.807, 2.05) is 0 Å². The summed E-state index contributed by atoms with van der Waals surface area (Å²) in [7, 11) is 0. The number of cyclic esters (lactones) is 2. The first-order valence-electron chi connectivity index (χ1n) is 3.04. The zero-order chi connectivity index (χ0) is 10.2. The third kappa shape index (κ3) is 1.99. The standard InChI is InChI=1S/C5H3F5O3/c6-3(7)1-2(5(8,9)10)13-4(11)12-1/h1-3H. The molecule has 1 aliphatic rings. The van der Waals surface area contributed by atoms with Gasteiger partial charge in [-0.05, 0) is 0 Å². The van der Waals surface area contributed by atoms with E-state index in [1.54, 1.807) is 0 Å². The number of hydrogen-bond acceptors (Lipinski definition) is 3. The van der Waals surface area contributed by atoms with Crippen LogP contribution in [0, 0.1) is 0 Å². The second kappa shape index (κ2) is 3.00. The molecule has 1 aliphatic heterocycles. The highest BCUT2D eigenvalue weighted by Gasteiger charge is 2.57. The third-order valence-corrected chi connectivity index (χ3v) is 1.32. The highest BCUT2D eigenvalue weighted by molar-refractivity contribution is 5.62. The van der Waals surface area contributed by atoms with E-state index >= 15 is 0 Å². The van der Waals surface area contributed by atoms with Gasteiger partial charge in [0.2, 0.25) is 12.2 Å². The lowest BCUT2D eigenvalue weighted by atomic mass is 10.2. The van der Waals surface area contributed by atoms with Crippen LogP contribution in [0.3, 0.4) is 0 Å². The molecule has 0 N–H and O–H groups in total. The minimum Gasteiger partial charge on any atom is -0.420 e. The lowest BCUT2D eigenvalue weighted by Crippen LogP contribution is -2.41. The molecule has 0 aromatic carbocycles. The number of ether oxygens (including phenoxy) is 2. The van der Waals surface area contributed by atoms with Gasteiger partial charge in [0.15, 0.2) is 0 Å². The minimum atomic E-state index is -5.03. The molecule has 1 rings (SSSR count). The lowest BCUT2D eigenvalue weighted by Gasteiger charge is -2.16. The van der Waals surface area contributed by atoms with Crippen LogP contribution in [0.2, 0.25) is 0 Å². The summed E-state index contributed by atoms with van der Waals surface area (Å²) >= 11 is 0. The zero-order valence-corrected chi connectivity index (χ0v) is 5.85. The van der Waals surface area contributed by atoms with Gasteiger partial charge in [-0.25, -0.2) is 13.6 Å². The fourth-order valence-corrected chi connectivity index (χ4v) is 0.808. The Morgan fingerprint density at radius 2 is 1.77 bits per heavy atom. The Morgan fingerprint density at radius 3 is 2.08 bits per heavy atom. The minimum absolute atomic E-state index is 1.73. The Balaban J connectivity index is 2.78. The van der Waals surface area contributed by atoms with Gasteiger partial charge in [-0.1, -0.05) is 0 Å². The Kier molecular flexibility index (Phi) is 2.31. The summed E-state index contributed by atoms with van der Waals surface area (Å²) in [5.74, 6) is 0. The normalized spacial score (nSPS) is 28.9. The van der Waals surface area contributed by atoms with Gasteiger partial charge in [0.25, 0.3) is 6.43 Å². The number of rotatable bonds is 1. The molecule has 0 aliphatic carbocycles. The highest BCUT2D eigenvalue weighted by atomic mass is 19.4. The van der Waals surface area contributed by atoms with Crippen molar-refractivity contribution in [2.75, 3.05) is 0 Å². The van der Waals surface area contributed by atoms with Crippen molar-refractivity contribution in [2.24, 2.45) is 0 Å². The van der Waals surface area contributed by atoms with E-state index in [0.29, 0.717) is 0 Å². The molecule has 1 heterocycles. The first kappa shape index (κ1) is 10.0. The maximum absolute atomic E-state index is 11.9. The van der Waals surface area contributed by atoms with Crippen LogP contribution in [-0.4, -0.2) is 31.0 Å². The summed E-state index contributed by atoms with van der Waals surface area (Å²) in [6, 6.07) is 0. The molecule has 0 aromatic rings. The summed E-state index contributed by atoms with van der Waals surface area (Å²) in [5, 5.41) is 0. The van der Waals surface area contributed by atoms with Gasteiger partial charge in [0.05, 0.1) is 0 Å². The maximum atomic E-state index is 11.9.